The van der Waals surface area contributed by atoms with E-state index >= 15 is 0 Å². The van der Waals surface area contributed by atoms with Crippen LogP contribution in [-0.4, -0.2) is 87.0 Å². The molecule has 4 rings (SSSR count). The second kappa shape index (κ2) is 18.8. The second-order valence-electron chi connectivity index (χ2n) is 15.6. The van der Waals surface area contributed by atoms with E-state index in [-0.39, 0.29) is 17.9 Å². The highest BCUT2D eigenvalue weighted by Crippen LogP contribution is 2.42. The van der Waals surface area contributed by atoms with Gasteiger partial charge in [-0.1, -0.05) is 45.1 Å². The van der Waals surface area contributed by atoms with Crippen molar-refractivity contribution in [2.75, 3.05) is 11.9 Å². The molecule has 0 bridgehead atoms. The lowest BCUT2D eigenvalue weighted by Crippen LogP contribution is -2.61. The van der Waals surface area contributed by atoms with Crippen LogP contribution in [-0.2, 0) is 38.1 Å². The van der Waals surface area contributed by atoms with Crippen LogP contribution in [0.5, 0.6) is 17.2 Å². The molecular weight excluding hydrogens is 712 g/mol. The zero-order valence-corrected chi connectivity index (χ0v) is 32.6. The standard InChI is InChI=1S/C41H56N2O12/c1-7-8-9-10-11-12-21-51-28-17-15-27(16-18-28)42-37(48)29(23-35(47)54-39(2,3)4)43-38(49)41(50)24-32(36-33(25-41)53-40(5,6)55-36)52-34(46)20-14-26-13-19-30(44)31(45)22-26/h13-20,22,29,32-33,36,44-45,50H,7-12,21,23-25H2,1-6H3,(H,42,48)(H,43,49)/b20-14+/t29?,32-,33-,36+,41-/m1/s1. The van der Waals surface area contributed by atoms with Crippen LogP contribution < -0.4 is 15.4 Å². The third kappa shape index (κ3) is 13.3. The zero-order valence-electron chi connectivity index (χ0n) is 32.6. The lowest BCUT2D eigenvalue weighted by atomic mass is 9.78. The maximum Gasteiger partial charge on any atom is 0.331 e. The molecule has 2 aromatic rings. The number of aliphatic hydroxyl groups is 1. The third-order valence-corrected chi connectivity index (χ3v) is 9.07. The number of rotatable bonds is 17. The summed E-state index contributed by atoms with van der Waals surface area (Å²) < 4.78 is 29.0. The van der Waals surface area contributed by atoms with Crippen molar-refractivity contribution in [3.05, 3.63) is 54.1 Å². The van der Waals surface area contributed by atoms with Crippen LogP contribution in [0.4, 0.5) is 5.69 Å². The Morgan fingerprint density at radius 3 is 2.31 bits per heavy atom. The molecule has 2 fully saturated rings. The van der Waals surface area contributed by atoms with Gasteiger partial charge < -0.3 is 49.6 Å². The smallest absolute Gasteiger partial charge is 0.331 e. The van der Waals surface area contributed by atoms with Crippen LogP contribution in [0, 0.1) is 0 Å². The molecule has 1 saturated heterocycles. The van der Waals surface area contributed by atoms with Crippen molar-refractivity contribution < 1.29 is 58.2 Å². The molecule has 0 radical (unpaired) electrons. The van der Waals surface area contributed by atoms with E-state index in [1.807, 2.05) is 0 Å². The highest BCUT2D eigenvalue weighted by atomic mass is 16.8. The number of fused-ring (bicyclic) bond motifs is 1. The summed E-state index contributed by atoms with van der Waals surface area (Å²) in [4.78, 5) is 53.5. The number of nitrogens with one attached hydrogen (secondary N) is 2. The molecule has 1 aliphatic carbocycles. The van der Waals surface area contributed by atoms with Crippen LogP contribution >= 0.6 is 0 Å². The topological polar surface area (TPSA) is 199 Å². The summed E-state index contributed by atoms with van der Waals surface area (Å²) in [7, 11) is 0. The van der Waals surface area contributed by atoms with E-state index in [1.54, 1.807) is 58.9 Å². The second-order valence-corrected chi connectivity index (χ2v) is 15.6. The molecule has 2 aromatic carbocycles. The van der Waals surface area contributed by atoms with Crippen molar-refractivity contribution in [1.29, 1.82) is 0 Å². The van der Waals surface area contributed by atoms with Gasteiger partial charge in [-0.3, -0.25) is 14.4 Å². The Bertz CT molecular complexity index is 1670. The number of hydrogen-bond acceptors (Lipinski definition) is 12. The fourth-order valence-electron chi connectivity index (χ4n) is 6.48. The van der Waals surface area contributed by atoms with Gasteiger partial charge in [-0.15, -0.1) is 0 Å². The molecule has 14 nitrogen and oxygen atoms in total. The zero-order chi connectivity index (χ0) is 40.4. The van der Waals surface area contributed by atoms with Gasteiger partial charge in [0.05, 0.1) is 19.1 Å². The van der Waals surface area contributed by atoms with E-state index in [9.17, 15) is 34.5 Å². The molecule has 5 atom stereocenters. The Morgan fingerprint density at radius 1 is 0.945 bits per heavy atom. The van der Waals surface area contributed by atoms with Crippen molar-refractivity contribution >= 4 is 35.5 Å². The highest BCUT2D eigenvalue weighted by molar-refractivity contribution is 6.00. The number of ether oxygens (including phenoxy) is 5. The number of carbonyl (C=O) groups excluding carboxylic acids is 4. The Morgan fingerprint density at radius 2 is 1.64 bits per heavy atom. The van der Waals surface area contributed by atoms with E-state index < -0.39 is 77.9 Å². The van der Waals surface area contributed by atoms with Crippen molar-refractivity contribution in [3.63, 3.8) is 0 Å². The van der Waals surface area contributed by atoms with Crippen LogP contribution in [0.15, 0.2) is 48.5 Å². The van der Waals surface area contributed by atoms with Gasteiger partial charge in [0.25, 0.3) is 5.91 Å². The van der Waals surface area contributed by atoms with Gasteiger partial charge in [-0.2, -0.15) is 0 Å². The number of aromatic hydroxyl groups is 2. The molecule has 0 aromatic heterocycles. The van der Waals surface area contributed by atoms with Crippen LogP contribution in [0.3, 0.4) is 0 Å². The van der Waals surface area contributed by atoms with Crippen molar-refractivity contribution in [2.24, 2.45) is 0 Å². The fourth-order valence-corrected chi connectivity index (χ4v) is 6.48. The van der Waals surface area contributed by atoms with Gasteiger partial charge in [0.2, 0.25) is 5.91 Å². The first-order chi connectivity index (χ1) is 25.9. The number of unbranched alkanes of at least 4 members (excludes halogenated alkanes) is 5. The van der Waals surface area contributed by atoms with E-state index in [1.165, 1.54) is 50.0 Å². The number of phenolic OH excluding ortho intramolecular Hbond substituents is 2. The van der Waals surface area contributed by atoms with Crippen LogP contribution in [0.25, 0.3) is 6.08 Å². The average molecular weight is 769 g/mol. The van der Waals surface area contributed by atoms with E-state index in [4.69, 9.17) is 23.7 Å². The number of carbonyl (C=O) groups is 4. The predicted octanol–water partition coefficient (Wildman–Crippen LogP) is 5.66. The molecular formula is C41H56N2O12. The molecule has 302 valence electrons. The summed E-state index contributed by atoms with van der Waals surface area (Å²) in [6.07, 6.45) is 5.18. The Balaban J connectivity index is 1.46. The predicted molar refractivity (Wildman–Crippen MR) is 203 cm³/mol. The summed E-state index contributed by atoms with van der Waals surface area (Å²) in [5.41, 5.74) is -2.30. The first kappa shape index (κ1) is 43.1. The van der Waals surface area contributed by atoms with Crippen LogP contribution in [0.2, 0.25) is 0 Å². The van der Waals surface area contributed by atoms with Gasteiger partial charge in [0.15, 0.2) is 17.3 Å². The minimum absolute atomic E-state index is 0.259. The van der Waals surface area contributed by atoms with Gasteiger partial charge in [0, 0.05) is 24.6 Å². The summed E-state index contributed by atoms with van der Waals surface area (Å²) in [6, 6.07) is 9.24. The lowest BCUT2D eigenvalue weighted by molar-refractivity contribution is -0.177. The minimum Gasteiger partial charge on any atom is -0.504 e. The lowest BCUT2D eigenvalue weighted by Gasteiger charge is -2.40. The van der Waals surface area contributed by atoms with E-state index in [0.717, 1.165) is 18.9 Å². The molecule has 2 aliphatic rings. The van der Waals surface area contributed by atoms with E-state index in [0.29, 0.717) is 23.6 Å². The molecule has 1 heterocycles. The summed E-state index contributed by atoms with van der Waals surface area (Å²) in [5, 5.41) is 36.4. The van der Waals surface area contributed by atoms with Crippen molar-refractivity contribution in [2.45, 2.75) is 141 Å². The monoisotopic (exact) mass is 768 g/mol. The summed E-state index contributed by atoms with van der Waals surface area (Å²) >= 11 is 0. The Kier molecular flexibility index (Phi) is 14.7. The Hall–Kier alpha value is -4.66. The number of benzene rings is 2. The molecule has 2 amide bonds. The highest BCUT2D eigenvalue weighted by Gasteiger charge is 2.57. The number of anilines is 1. The average Bonchev–Trinajstić information content (AvgIpc) is 3.41. The molecule has 14 heteroatoms. The number of amides is 2. The van der Waals surface area contributed by atoms with Gasteiger partial charge in [-0.25, -0.2) is 4.79 Å². The first-order valence-corrected chi connectivity index (χ1v) is 18.9. The molecule has 0 spiro atoms. The van der Waals surface area contributed by atoms with Gasteiger partial charge in [-0.05, 0) is 89.1 Å². The summed E-state index contributed by atoms with van der Waals surface area (Å²) in [5.74, 6) is -4.50. The third-order valence-electron chi connectivity index (χ3n) is 9.07. The molecule has 5 N–H and O–H groups in total. The maximum atomic E-state index is 13.9. The molecule has 1 saturated carbocycles. The molecule has 1 unspecified atom stereocenters. The van der Waals surface area contributed by atoms with Crippen molar-refractivity contribution in [1.82, 2.24) is 5.32 Å². The van der Waals surface area contributed by atoms with Gasteiger partial charge >= 0.3 is 11.9 Å². The van der Waals surface area contributed by atoms with Crippen molar-refractivity contribution in [3.8, 4) is 17.2 Å². The Labute approximate surface area is 322 Å². The number of hydrogen-bond donors (Lipinski definition) is 5. The van der Waals surface area contributed by atoms with E-state index in [2.05, 4.69) is 17.6 Å². The molecule has 55 heavy (non-hydrogen) atoms. The van der Waals surface area contributed by atoms with Crippen LogP contribution in [0.1, 0.15) is 105 Å². The molecule has 1 aliphatic heterocycles. The number of esters is 2. The van der Waals surface area contributed by atoms with Gasteiger partial charge in [0.1, 0.15) is 35.2 Å². The summed E-state index contributed by atoms with van der Waals surface area (Å²) in [6.45, 7) is 11.1. The fraction of sp³-hybridized carbons (Fsp3) is 0.561. The largest absolute Gasteiger partial charge is 0.504 e. The SMILES string of the molecule is CCCCCCCCOc1ccc(NC(=O)C(CC(=O)OC(C)(C)C)NC(=O)[C@@]2(O)C[C@@H](OC(=O)/C=C/c3ccc(O)c(O)c3)[C@@H]3OC(C)(C)O[C@@H]3C2)cc1. The normalized spacial score (nSPS) is 22.3. The maximum absolute atomic E-state index is 13.9. The number of phenols is 2. The first-order valence-electron chi connectivity index (χ1n) is 18.9. The minimum atomic E-state index is -2.22. The quantitative estimate of drug-likeness (QED) is 0.0574.